The van der Waals surface area contributed by atoms with E-state index >= 15 is 0 Å². The molecule has 1 aromatic rings. The molecule has 0 spiro atoms. The van der Waals surface area contributed by atoms with Gasteiger partial charge in [0.25, 0.3) is 0 Å². The summed E-state index contributed by atoms with van der Waals surface area (Å²) in [5, 5.41) is 3.01. The standard InChI is InChI=1S/C16H23NO2/c1-3-19-15-11-7-6-10-14(15)17-16(18)12(2)13-8-4-5-9-13/h6-7,10-13H,3-5,8-9H2,1-2H3,(H,17,18). The fourth-order valence-corrected chi connectivity index (χ4v) is 2.77. The minimum Gasteiger partial charge on any atom is -0.492 e. The summed E-state index contributed by atoms with van der Waals surface area (Å²) in [6.45, 7) is 4.58. The lowest BCUT2D eigenvalue weighted by molar-refractivity contribution is -0.120. The molecule has 1 saturated carbocycles. The molecule has 19 heavy (non-hydrogen) atoms. The third-order valence-corrected chi connectivity index (χ3v) is 3.97. The van der Waals surface area contributed by atoms with Gasteiger partial charge in [-0.05, 0) is 37.8 Å². The van der Waals surface area contributed by atoms with Crippen LogP contribution in [0.5, 0.6) is 5.75 Å². The van der Waals surface area contributed by atoms with Crippen LogP contribution in [0.2, 0.25) is 0 Å². The van der Waals surface area contributed by atoms with Gasteiger partial charge in [-0.3, -0.25) is 4.79 Å². The van der Waals surface area contributed by atoms with E-state index in [9.17, 15) is 4.79 Å². The Morgan fingerprint density at radius 2 is 2.05 bits per heavy atom. The summed E-state index contributed by atoms with van der Waals surface area (Å²) >= 11 is 0. The molecular formula is C16H23NO2. The fourth-order valence-electron chi connectivity index (χ4n) is 2.77. The van der Waals surface area contributed by atoms with Crippen molar-refractivity contribution in [2.24, 2.45) is 11.8 Å². The van der Waals surface area contributed by atoms with Crippen molar-refractivity contribution in [2.75, 3.05) is 11.9 Å². The van der Waals surface area contributed by atoms with Crippen molar-refractivity contribution in [3.8, 4) is 5.75 Å². The van der Waals surface area contributed by atoms with Crippen LogP contribution in [-0.4, -0.2) is 12.5 Å². The maximum atomic E-state index is 12.3. The van der Waals surface area contributed by atoms with Crippen LogP contribution in [0.25, 0.3) is 0 Å². The molecule has 0 radical (unpaired) electrons. The normalized spacial score (nSPS) is 17.2. The highest BCUT2D eigenvalue weighted by atomic mass is 16.5. The predicted molar refractivity (Wildman–Crippen MR) is 77.4 cm³/mol. The number of benzene rings is 1. The van der Waals surface area contributed by atoms with Gasteiger partial charge in [0, 0.05) is 5.92 Å². The molecule has 3 nitrogen and oxygen atoms in total. The third-order valence-electron chi connectivity index (χ3n) is 3.97. The Morgan fingerprint density at radius 3 is 2.74 bits per heavy atom. The number of anilines is 1. The number of rotatable bonds is 5. The Balaban J connectivity index is 2.01. The number of hydrogen-bond acceptors (Lipinski definition) is 2. The molecule has 3 heteroatoms. The van der Waals surface area contributed by atoms with E-state index < -0.39 is 0 Å². The fraction of sp³-hybridized carbons (Fsp3) is 0.562. The SMILES string of the molecule is CCOc1ccccc1NC(=O)C(C)C1CCCC1. The molecular weight excluding hydrogens is 238 g/mol. The lowest BCUT2D eigenvalue weighted by atomic mass is 9.92. The first-order chi connectivity index (χ1) is 9.22. The van der Waals surface area contributed by atoms with Crippen LogP contribution in [0, 0.1) is 11.8 Å². The van der Waals surface area contributed by atoms with Crippen LogP contribution in [0.1, 0.15) is 39.5 Å². The number of ether oxygens (including phenoxy) is 1. The zero-order valence-electron chi connectivity index (χ0n) is 11.8. The van der Waals surface area contributed by atoms with E-state index in [-0.39, 0.29) is 11.8 Å². The van der Waals surface area contributed by atoms with Gasteiger partial charge in [-0.15, -0.1) is 0 Å². The lowest BCUT2D eigenvalue weighted by Crippen LogP contribution is -2.26. The quantitative estimate of drug-likeness (QED) is 0.874. The second kappa shape index (κ2) is 6.60. The zero-order chi connectivity index (χ0) is 13.7. The molecule has 104 valence electrons. The monoisotopic (exact) mass is 261 g/mol. The molecule has 1 atom stereocenters. The van der Waals surface area contributed by atoms with E-state index in [4.69, 9.17) is 4.74 Å². The second-order valence-corrected chi connectivity index (χ2v) is 5.25. The molecule has 1 aliphatic rings. The number of carbonyl (C=O) groups is 1. The third kappa shape index (κ3) is 3.49. The molecule has 0 aliphatic heterocycles. The highest BCUT2D eigenvalue weighted by molar-refractivity contribution is 5.93. The number of para-hydroxylation sites is 2. The summed E-state index contributed by atoms with van der Waals surface area (Å²) in [7, 11) is 0. The molecule has 0 bridgehead atoms. The van der Waals surface area contributed by atoms with Gasteiger partial charge in [0.15, 0.2) is 0 Å². The molecule has 0 aromatic heterocycles. The van der Waals surface area contributed by atoms with Crippen molar-refractivity contribution in [1.29, 1.82) is 0 Å². The van der Waals surface area contributed by atoms with E-state index in [1.165, 1.54) is 25.7 Å². The minimum absolute atomic E-state index is 0.0807. The van der Waals surface area contributed by atoms with Gasteiger partial charge in [0.05, 0.1) is 12.3 Å². The van der Waals surface area contributed by atoms with Gasteiger partial charge < -0.3 is 10.1 Å². The van der Waals surface area contributed by atoms with Crippen molar-refractivity contribution in [3.63, 3.8) is 0 Å². The van der Waals surface area contributed by atoms with Gasteiger partial charge >= 0.3 is 0 Å². The van der Waals surface area contributed by atoms with Gasteiger partial charge in [-0.25, -0.2) is 0 Å². The lowest BCUT2D eigenvalue weighted by Gasteiger charge is -2.19. The number of amides is 1. The van der Waals surface area contributed by atoms with Crippen LogP contribution >= 0.6 is 0 Å². The van der Waals surface area contributed by atoms with Crippen LogP contribution < -0.4 is 10.1 Å². The van der Waals surface area contributed by atoms with E-state index in [2.05, 4.69) is 5.32 Å². The smallest absolute Gasteiger partial charge is 0.227 e. The van der Waals surface area contributed by atoms with Crippen molar-refractivity contribution >= 4 is 11.6 Å². The van der Waals surface area contributed by atoms with E-state index in [0.29, 0.717) is 12.5 Å². The Morgan fingerprint density at radius 1 is 1.37 bits per heavy atom. The molecule has 1 fully saturated rings. The largest absolute Gasteiger partial charge is 0.492 e. The Labute approximate surface area is 115 Å². The summed E-state index contributed by atoms with van der Waals surface area (Å²) in [4.78, 5) is 12.3. The van der Waals surface area contributed by atoms with Crippen molar-refractivity contribution in [1.82, 2.24) is 0 Å². The Hall–Kier alpha value is -1.51. The first-order valence-corrected chi connectivity index (χ1v) is 7.25. The first-order valence-electron chi connectivity index (χ1n) is 7.25. The summed E-state index contributed by atoms with van der Waals surface area (Å²) in [5.41, 5.74) is 0.777. The molecule has 0 heterocycles. The van der Waals surface area contributed by atoms with E-state index in [0.717, 1.165) is 11.4 Å². The van der Waals surface area contributed by atoms with Gasteiger partial charge in [0.1, 0.15) is 5.75 Å². The molecule has 1 unspecified atom stereocenters. The highest BCUT2D eigenvalue weighted by Crippen LogP contribution is 2.32. The maximum Gasteiger partial charge on any atom is 0.227 e. The summed E-state index contributed by atoms with van der Waals surface area (Å²) in [6.07, 6.45) is 4.89. The minimum atomic E-state index is 0.0807. The van der Waals surface area contributed by atoms with Crippen molar-refractivity contribution in [2.45, 2.75) is 39.5 Å². The molecule has 2 rings (SSSR count). The zero-order valence-corrected chi connectivity index (χ0v) is 11.8. The summed E-state index contributed by atoms with van der Waals surface area (Å²) in [5.74, 6) is 1.48. The van der Waals surface area contributed by atoms with Gasteiger partial charge in [0.2, 0.25) is 5.91 Å². The topological polar surface area (TPSA) is 38.3 Å². The van der Waals surface area contributed by atoms with Crippen LogP contribution in [0.4, 0.5) is 5.69 Å². The van der Waals surface area contributed by atoms with Crippen LogP contribution in [0.3, 0.4) is 0 Å². The Kier molecular flexibility index (Phi) is 4.83. The molecule has 0 saturated heterocycles. The summed E-state index contributed by atoms with van der Waals surface area (Å²) in [6, 6.07) is 7.61. The predicted octanol–water partition coefficient (Wildman–Crippen LogP) is 3.85. The van der Waals surface area contributed by atoms with Crippen molar-refractivity contribution < 1.29 is 9.53 Å². The van der Waals surface area contributed by atoms with Crippen LogP contribution in [-0.2, 0) is 4.79 Å². The molecule has 1 aromatic carbocycles. The highest BCUT2D eigenvalue weighted by Gasteiger charge is 2.27. The molecule has 1 amide bonds. The maximum absolute atomic E-state index is 12.3. The number of carbonyl (C=O) groups excluding carboxylic acids is 1. The average molecular weight is 261 g/mol. The second-order valence-electron chi connectivity index (χ2n) is 5.25. The molecule has 1 N–H and O–H groups in total. The number of hydrogen-bond donors (Lipinski definition) is 1. The average Bonchev–Trinajstić information content (AvgIpc) is 2.94. The number of nitrogens with one attached hydrogen (secondary N) is 1. The van der Waals surface area contributed by atoms with Crippen molar-refractivity contribution in [3.05, 3.63) is 24.3 Å². The van der Waals surface area contributed by atoms with E-state index in [1.54, 1.807) is 0 Å². The van der Waals surface area contributed by atoms with Gasteiger partial charge in [-0.2, -0.15) is 0 Å². The van der Waals surface area contributed by atoms with Crippen LogP contribution in [0.15, 0.2) is 24.3 Å². The summed E-state index contributed by atoms with van der Waals surface area (Å²) < 4.78 is 5.53. The molecule has 1 aliphatic carbocycles. The Bertz CT molecular complexity index is 425. The van der Waals surface area contributed by atoms with E-state index in [1.807, 2.05) is 38.1 Å². The first kappa shape index (κ1) is 13.9. The van der Waals surface area contributed by atoms with Gasteiger partial charge in [-0.1, -0.05) is 31.9 Å².